The molecule has 3 atom stereocenters. The van der Waals surface area contributed by atoms with E-state index < -0.39 is 0 Å². The summed E-state index contributed by atoms with van der Waals surface area (Å²) in [7, 11) is 3.60. The third-order valence-corrected chi connectivity index (χ3v) is 8.97. The third-order valence-electron chi connectivity index (χ3n) is 8.97. The van der Waals surface area contributed by atoms with Crippen molar-refractivity contribution >= 4 is 11.6 Å². The molecule has 0 radical (unpaired) electrons. The zero-order chi connectivity index (χ0) is 27.3. The van der Waals surface area contributed by atoms with Crippen molar-refractivity contribution in [2.24, 2.45) is 13.0 Å². The Labute approximate surface area is 232 Å². The molecule has 2 aromatic carbocycles. The summed E-state index contributed by atoms with van der Waals surface area (Å²) in [6.07, 6.45) is 7.44. The highest BCUT2D eigenvalue weighted by Crippen LogP contribution is 2.38. The molecule has 0 unspecified atom stereocenters. The number of amides is 1. The second-order valence-electron chi connectivity index (χ2n) is 11.9. The second kappa shape index (κ2) is 10.3. The number of ether oxygens (including phenoxy) is 1. The van der Waals surface area contributed by atoms with Crippen LogP contribution in [0.3, 0.4) is 0 Å². The Morgan fingerprint density at radius 1 is 1.08 bits per heavy atom. The molecular weight excluding hydrogens is 486 g/mol. The molecule has 2 bridgehead atoms. The molecule has 2 aliphatic heterocycles. The van der Waals surface area contributed by atoms with Gasteiger partial charge in [-0.1, -0.05) is 6.07 Å². The molecule has 1 aliphatic carbocycles. The van der Waals surface area contributed by atoms with Gasteiger partial charge in [-0.2, -0.15) is 5.10 Å². The summed E-state index contributed by atoms with van der Waals surface area (Å²) >= 11 is 0. The number of piperazine rings is 1. The lowest BCUT2D eigenvalue weighted by atomic mass is 9.99. The van der Waals surface area contributed by atoms with E-state index in [0.717, 1.165) is 64.0 Å². The predicted octanol–water partition coefficient (Wildman–Crippen LogP) is 5.27. The summed E-state index contributed by atoms with van der Waals surface area (Å²) in [6, 6.07) is 13.6. The lowest BCUT2D eigenvalue weighted by Gasteiger charge is -2.42. The van der Waals surface area contributed by atoms with Crippen molar-refractivity contribution in [1.82, 2.24) is 20.0 Å². The van der Waals surface area contributed by atoms with Crippen LogP contribution in [0.25, 0.3) is 11.1 Å². The molecule has 7 nitrogen and oxygen atoms in total. The van der Waals surface area contributed by atoms with E-state index >= 15 is 0 Å². The summed E-state index contributed by atoms with van der Waals surface area (Å²) in [4.78, 5) is 18.9. The van der Waals surface area contributed by atoms with Crippen LogP contribution in [-0.2, 0) is 7.05 Å². The predicted molar refractivity (Wildman–Crippen MR) is 155 cm³/mol. The van der Waals surface area contributed by atoms with Crippen LogP contribution in [0.2, 0.25) is 0 Å². The molecule has 0 spiro atoms. The second-order valence-corrected chi connectivity index (χ2v) is 11.9. The van der Waals surface area contributed by atoms with Crippen LogP contribution in [0.4, 0.5) is 5.69 Å². The number of aromatic nitrogens is 2. The van der Waals surface area contributed by atoms with Gasteiger partial charge in [-0.3, -0.25) is 14.4 Å². The SMILES string of the molecule is COc1cc(-c2cn(C)nc2C)cc([C@@H](C)NC(=O)c2cc(N3C[C@H]4CC[C@@H](C3)N4CC3CC3)ccc2C)c1. The van der Waals surface area contributed by atoms with Crippen LogP contribution in [0.5, 0.6) is 5.75 Å². The minimum atomic E-state index is -0.187. The van der Waals surface area contributed by atoms with Gasteiger partial charge in [0.15, 0.2) is 0 Å². The lowest BCUT2D eigenvalue weighted by molar-refractivity contribution is 0.0939. The molecule has 3 aromatic rings. The van der Waals surface area contributed by atoms with Gasteiger partial charge in [0.25, 0.3) is 5.91 Å². The fourth-order valence-electron chi connectivity index (χ4n) is 6.54. The molecule has 6 rings (SSSR count). The first kappa shape index (κ1) is 25.9. The quantitative estimate of drug-likeness (QED) is 0.433. The summed E-state index contributed by atoms with van der Waals surface area (Å²) < 4.78 is 7.43. The first-order valence-electron chi connectivity index (χ1n) is 14.4. The molecule has 206 valence electrons. The Bertz CT molecular complexity index is 1360. The first-order chi connectivity index (χ1) is 18.8. The van der Waals surface area contributed by atoms with Gasteiger partial charge in [0.05, 0.1) is 18.8 Å². The standard InChI is InChI=1S/C32H41N5O2/c1-20-6-9-26(36-17-27-10-11-28(18-36)37(27)16-23-7-8-23)15-30(20)32(38)33-21(2)24-12-25(14-29(13-24)39-5)31-19-35(4)34-22(31)3/h6,9,12-15,19,21,23,27-28H,7-8,10-11,16-18H2,1-5H3,(H,33,38)/t21-,27-,28+/m1/s1. The van der Waals surface area contributed by atoms with Gasteiger partial charge in [0.2, 0.25) is 0 Å². The normalized spacial score (nSPS) is 21.7. The first-order valence-corrected chi connectivity index (χ1v) is 14.4. The minimum absolute atomic E-state index is 0.0425. The number of benzene rings is 2. The number of carbonyl (C=O) groups is 1. The maximum absolute atomic E-state index is 13.6. The van der Waals surface area contributed by atoms with Crippen molar-refractivity contribution in [1.29, 1.82) is 0 Å². The number of rotatable bonds is 8. The summed E-state index contributed by atoms with van der Waals surface area (Å²) in [5, 5.41) is 7.75. The van der Waals surface area contributed by atoms with Gasteiger partial charge in [-0.05, 0) is 99.4 Å². The van der Waals surface area contributed by atoms with Crippen molar-refractivity contribution in [3.63, 3.8) is 0 Å². The van der Waals surface area contributed by atoms with E-state index in [4.69, 9.17) is 4.74 Å². The fourth-order valence-corrected chi connectivity index (χ4v) is 6.54. The molecule has 2 saturated heterocycles. The number of nitrogens with zero attached hydrogens (tertiary/aromatic N) is 4. The van der Waals surface area contributed by atoms with E-state index in [1.54, 1.807) is 7.11 Å². The Balaban J connectivity index is 1.19. The van der Waals surface area contributed by atoms with E-state index in [-0.39, 0.29) is 11.9 Å². The molecule has 1 saturated carbocycles. The van der Waals surface area contributed by atoms with Crippen LogP contribution in [0, 0.1) is 19.8 Å². The topological polar surface area (TPSA) is 62.6 Å². The van der Waals surface area contributed by atoms with E-state index in [1.165, 1.54) is 32.2 Å². The summed E-state index contributed by atoms with van der Waals surface area (Å²) in [5.41, 5.74) is 6.96. The molecule has 39 heavy (non-hydrogen) atoms. The smallest absolute Gasteiger partial charge is 0.252 e. The molecule has 1 aromatic heterocycles. The average Bonchev–Trinajstić information content (AvgIpc) is 3.63. The van der Waals surface area contributed by atoms with Crippen molar-refractivity contribution in [3.8, 4) is 16.9 Å². The van der Waals surface area contributed by atoms with E-state index in [2.05, 4.69) is 44.5 Å². The largest absolute Gasteiger partial charge is 0.497 e. The van der Waals surface area contributed by atoms with Crippen molar-refractivity contribution < 1.29 is 9.53 Å². The Morgan fingerprint density at radius 3 is 2.46 bits per heavy atom. The number of methoxy groups -OCH3 is 1. The summed E-state index contributed by atoms with van der Waals surface area (Å²) in [6.45, 7) is 9.47. The number of hydrogen-bond acceptors (Lipinski definition) is 5. The average molecular weight is 528 g/mol. The highest BCUT2D eigenvalue weighted by atomic mass is 16.5. The third kappa shape index (κ3) is 5.29. The van der Waals surface area contributed by atoms with E-state index in [9.17, 15) is 4.79 Å². The van der Waals surface area contributed by atoms with Gasteiger partial charge in [-0.15, -0.1) is 0 Å². The maximum Gasteiger partial charge on any atom is 0.252 e. The Morgan fingerprint density at radius 2 is 1.82 bits per heavy atom. The van der Waals surface area contributed by atoms with E-state index in [1.807, 2.05) is 50.8 Å². The summed E-state index contributed by atoms with van der Waals surface area (Å²) in [5.74, 6) is 1.66. The van der Waals surface area contributed by atoms with Gasteiger partial charge >= 0.3 is 0 Å². The van der Waals surface area contributed by atoms with Gasteiger partial charge in [0, 0.05) is 61.8 Å². The molecule has 3 heterocycles. The number of fused-ring (bicyclic) bond motifs is 2. The monoisotopic (exact) mass is 527 g/mol. The molecule has 3 fully saturated rings. The number of aryl methyl sites for hydroxylation is 3. The zero-order valence-electron chi connectivity index (χ0n) is 23.9. The van der Waals surface area contributed by atoms with Gasteiger partial charge in [-0.25, -0.2) is 0 Å². The lowest BCUT2D eigenvalue weighted by Crippen LogP contribution is -2.54. The number of hydrogen-bond donors (Lipinski definition) is 1. The molecule has 1 amide bonds. The van der Waals surface area contributed by atoms with Crippen LogP contribution < -0.4 is 15.0 Å². The van der Waals surface area contributed by atoms with Crippen LogP contribution in [-0.4, -0.2) is 59.4 Å². The highest BCUT2D eigenvalue weighted by molar-refractivity contribution is 5.97. The molecule has 1 N–H and O–H groups in total. The van der Waals surface area contributed by atoms with E-state index in [0.29, 0.717) is 12.1 Å². The zero-order valence-corrected chi connectivity index (χ0v) is 23.9. The number of nitrogens with one attached hydrogen (secondary N) is 1. The fraction of sp³-hybridized carbons (Fsp3) is 0.500. The van der Waals surface area contributed by atoms with Gasteiger partial charge < -0.3 is 15.0 Å². The highest BCUT2D eigenvalue weighted by Gasteiger charge is 2.42. The van der Waals surface area contributed by atoms with Crippen molar-refractivity contribution in [3.05, 3.63) is 65.0 Å². The minimum Gasteiger partial charge on any atom is -0.497 e. The maximum atomic E-state index is 13.6. The van der Waals surface area contributed by atoms with Crippen LogP contribution >= 0.6 is 0 Å². The van der Waals surface area contributed by atoms with Crippen molar-refractivity contribution in [2.75, 3.05) is 31.6 Å². The Hall–Kier alpha value is -3.32. The number of anilines is 1. The van der Waals surface area contributed by atoms with Crippen LogP contribution in [0.1, 0.15) is 65.8 Å². The van der Waals surface area contributed by atoms with Gasteiger partial charge in [0.1, 0.15) is 5.75 Å². The molecular formula is C32H41N5O2. The molecule has 3 aliphatic rings. The van der Waals surface area contributed by atoms with Crippen molar-refractivity contribution in [2.45, 2.75) is 64.6 Å². The number of carbonyl (C=O) groups excluding carboxylic acids is 1. The molecule has 7 heteroatoms. The Kier molecular flexibility index (Phi) is 6.88. The van der Waals surface area contributed by atoms with Crippen LogP contribution in [0.15, 0.2) is 42.6 Å².